The van der Waals surface area contributed by atoms with Gasteiger partial charge in [0.1, 0.15) is 0 Å². The molecule has 1 aromatic carbocycles. The molecule has 1 atom stereocenters. The van der Waals surface area contributed by atoms with E-state index in [0.717, 1.165) is 39.0 Å². The Balaban J connectivity index is 2.00. The van der Waals surface area contributed by atoms with Crippen LogP contribution in [0.1, 0.15) is 30.9 Å². The Morgan fingerprint density at radius 2 is 2.32 bits per heavy atom. The van der Waals surface area contributed by atoms with Crippen molar-refractivity contribution < 1.29 is 4.79 Å². The molecule has 1 saturated heterocycles. The molecule has 1 aromatic rings. The van der Waals surface area contributed by atoms with Gasteiger partial charge in [-0.2, -0.15) is 0 Å². The number of rotatable bonds is 4. The highest BCUT2D eigenvalue weighted by Gasteiger charge is 2.25. The van der Waals surface area contributed by atoms with Crippen molar-refractivity contribution in [2.45, 2.75) is 33.2 Å². The summed E-state index contributed by atoms with van der Waals surface area (Å²) in [6.45, 7) is 7.55. The standard InChI is InChI=1S/C16H24N2O/c1-3-18(12-14-7-4-6-13(2)10-14)16(19)15-8-5-9-17-11-15/h4,6-7,10,15,17H,3,5,8-9,11-12H2,1-2H3/t15-/m0/s1. The van der Waals surface area contributed by atoms with E-state index in [1.165, 1.54) is 11.1 Å². The number of hydrogen-bond donors (Lipinski definition) is 1. The van der Waals surface area contributed by atoms with E-state index in [1.807, 2.05) is 4.90 Å². The summed E-state index contributed by atoms with van der Waals surface area (Å²) in [5, 5.41) is 3.32. The van der Waals surface area contributed by atoms with Crippen LogP contribution in [0, 0.1) is 12.8 Å². The highest BCUT2D eigenvalue weighted by atomic mass is 16.2. The molecule has 0 saturated carbocycles. The molecule has 0 bridgehead atoms. The first-order chi connectivity index (χ1) is 9.20. The molecule has 0 aromatic heterocycles. The minimum Gasteiger partial charge on any atom is -0.338 e. The lowest BCUT2D eigenvalue weighted by Gasteiger charge is -2.29. The summed E-state index contributed by atoms with van der Waals surface area (Å²) in [5.41, 5.74) is 2.47. The van der Waals surface area contributed by atoms with E-state index in [9.17, 15) is 4.79 Å². The predicted octanol–water partition coefficient (Wildman–Crippen LogP) is 2.34. The van der Waals surface area contributed by atoms with E-state index in [-0.39, 0.29) is 5.92 Å². The maximum Gasteiger partial charge on any atom is 0.227 e. The fourth-order valence-electron chi connectivity index (χ4n) is 2.70. The number of hydrogen-bond acceptors (Lipinski definition) is 2. The molecule has 104 valence electrons. The van der Waals surface area contributed by atoms with Crippen molar-refractivity contribution in [2.24, 2.45) is 5.92 Å². The average Bonchev–Trinajstić information content (AvgIpc) is 2.45. The smallest absolute Gasteiger partial charge is 0.227 e. The fraction of sp³-hybridized carbons (Fsp3) is 0.562. The predicted molar refractivity (Wildman–Crippen MR) is 77.9 cm³/mol. The molecule has 0 aliphatic carbocycles. The minimum atomic E-state index is 0.165. The van der Waals surface area contributed by atoms with Gasteiger partial charge in [-0.15, -0.1) is 0 Å². The van der Waals surface area contributed by atoms with Crippen LogP contribution >= 0.6 is 0 Å². The van der Waals surface area contributed by atoms with Gasteiger partial charge in [0, 0.05) is 19.6 Å². The summed E-state index contributed by atoms with van der Waals surface area (Å²) in [5.74, 6) is 0.467. The third-order valence-corrected chi connectivity index (χ3v) is 3.80. The summed E-state index contributed by atoms with van der Waals surface area (Å²) in [6.07, 6.45) is 2.13. The van der Waals surface area contributed by atoms with E-state index in [0.29, 0.717) is 5.91 Å². The Morgan fingerprint density at radius 3 is 2.95 bits per heavy atom. The Hall–Kier alpha value is -1.35. The van der Waals surface area contributed by atoms with Gasteiger partial charge in [0.25, 0.3) is 0 Å². The topological polar surface area (TPSA) is 32.3 Å². The van der Waals surface area contributed by atoms with Crippen molar-refractivity contribution in [3.05, 3.63) is 35.4 Å². The van der Waals surface area contributed by atoms with Crippen LogP contribution in [0.2, 0.25) is 0 Å². The summed E-state index contributed by atoms with van der Waals surface area (Å²) in [7, 11) is 0. The Morgan fingerprint density at radius 1 is 1.47 bits per heavy atom. The van der Waals surface area contributed by atoms with Gasteiger partial charge in [-0.25, -0.2) is 0 Å². The van der Waals surface area contributed by atoms with Gasteiger partial charge in [-0.3, -0.25) is 4.79 Å². The zero-order valence-corrected chi connectivity index (χ0v) is 12.0. The quantitative estimate of drug-likeness (QED) is 0.901. The van der Waals surface area contributed by atoms with Gasteiger partial charge in [0.2, 0.25) is 5.91 Å². The van der Waals surface area contributed by atoms with Gasteiger partial charge in [-0.1, -0.05) is 29.8 Å². The number of nitrogens with one attached hydrogen (secondary N) is 1. The molecule has 0 spiro atoms. The maximum absolute atomic E-state index is 12.5. The number of nitrogens with zero attached hydrogens (tertiary/aromatic N) is 1. The minimum absolute atomic E-state index is 0.165. The van der Waals surface area contributed by atoms with Crippen molar-refractivity contribution >= 4 is 5.91 Å². The van der Waals surface area contributed by atoms with E-state index < -0.39 is 0 Å². The Bertz CT molecular complexity index is 425. The summed E-state index contributed by atoms with van der Waals surface area (Å²) >= 11 is 0. The lowest BCUT2D eigenvalue weighted by Crippen LogP contribution is -2.42. The van der Waals surface area contributed by atoms with Crippen LogP contribution in [0.5, 0.6) is 0 Å². The molecular weight excluding hydrogens is 236 g/mol. The van der Waals surface area contributed by atoms with Crippen LogP contribution in [0.3, 0.4) is 0 Å². The summed E-state index contributed by atoms with van der Waals surface area (Å²) in [4.78, 5) is 14.5. The molecule has 2 rings (SSSR count). The van der Waals surface area contributed by atoms with E-state index in [4.69, 9.17) is 0 Å². The molecule has 1 amide bonds. The third-order valence-electron chi connectivity index (χ3n) is 3.80. The van der Waals surface area contributed by atoms with Gasteiger partial charge < -0.3 is 10.2 Å². The highest BCUT2D eigenvalue weighted by Crippen LogP contribution is 2.16. The fourth-order valence-corrected chi connectivity index (χ4v) is 2.70. The first-order valence-corrected chi connectivity index (χ1v) is 7.25. The number of amides is 1. The van der Waals surface area contributed by atoms with Crippen LogP contribution in [0.25, 0.3) is 0 Å². The molecule has 0 radical (unpaired) electrons. The molecule has 1 fully saturated rings. The second-order valence-electron chi connectivity index (χ2n) is 5.38. The number of aryl methyl sites for hydroxylation is 1. The van der Waals surface area contributed by atoms with Crippen molar-refractivity contribution in [2.75, 3.05) is 19.6 Å². The number of benzene rings is 1. The molecule has 1 N–H and O–H groups in total. The Labute approximate surface area is 116 Å². The maximum atomic E-state index is 12.5. The third kappa shape index (κ3) is 3.80. The van der Waals surface area contributed by atoms with Crippen molar-refractivity contribution in [1.29, 1.82) is 0 Å². The van der Waals surface area contributed by atoms with Crippen LogP contribution in [-0.2, 0) is 11.3 Å². The van der Waals surface area contributed by atoms with Crippen LogP contribution < -0.4 is 5.32 Å². The zero-order valence-electron chi connectivity index (χ0n) is 12.0. The number of piperidine rings is 1. The lowest BCUT2D eigenvalue weighted by atomic mass is 9.98. The summed E-state index contributed by atoms with van der Waals surface area (Å²) in [6, 6.07) is 8.41. The second kappa shape index (κ2) is 6.71. The monoisotopic (exact) mass is 260 g/mol. The first-order valence-electron chi connectivity index (χ1n) is 7.25. The zero-order chi connectivity index (χ0) is 13.7. The van der Waals surface area contributed by atoms with E-state index in [2.05, 4.69) is 43.4 Å². The lowest BCUT2D eigenvalue weighted by molar-refractivity contribution is -0.136. The van der Waals surface area contributed by atoms with Crippen LogP contribution in [-0.4, -0.2) is 30.4 Å². The SMILES string of the molecule is CCN(Cc1cccc(C)c1)C(=O)[C@H]1CCCNC1. The number of carbonyl (C=O) groups is 1. The van der Waals surface area contributed by atoms with Crippen molar-refractivity contribution in [1.82, 2.24) is 10.2 Å². The highest BCUT2D eigenvalue weighted by molar-refractivity contribution is 5.79. The van der Waals surface area contributed by atoms with Gasteiger partial charge >= 0.3 is 0 Å². The van der Waals surface area contributed by atoms with Crippen molar-refractivity contribution in [3.63, 3.8) is 0 Å². The average molecular weight is 260 g/mol. The largest absolute Gasteiger partial charge is 0.338 e. The first kappa shape index (κ1) is 14.1. The second-order valence-corrected chi connectivity index (χ2v) is 5.38. The normalized spacial score (nSPS) is 19.2. The molecule has 3 heteroatoms. The Kier molecular flexibility index (Phi) is 4.97. The van der Waals surface area contributed by atoms with Gasteiger partial charge in [0.15, 0.2) is 0 Å². The van der Waals surface area contributed by atoms with Gasteiger partial charge in [-0.05, 0) is 38.8 Å². The molecule has 1 aliphatic rings. The van der Waals surface area contributed by atoms with E-state index >= 15 is 0 Å². The van der Waals surface area contributed by atoms with Gasteiger partial charge in [0.05, 0.1) is 5.92 Å². The molecule has 1 aliphatic heterocycles. The molecule has 19 heavy (non-hydrogen) atoms. The van der Waals surface area contributed by atoms with Crippen LogP contribution in [0.15, 0.2) is 24.3 Å². The molecule has 3 nitrogen and oxygen atoms in total. The van der Waals surface area contributed by atoms with E-state index in [1.54, 1.807) is 0 Å². The summed E-state index contributed by atoms with van der Waals surface area (Å²) < 4.78 is 0. The van der Waals surface area contributed by atoms with Crippen LogP contribution in [0.4, 0.5) is 0 Å². The van der Waals surface area contributed by atoms with Crippen molar-refractivity contribution in [3.8, 4) is 0 Å². The molecule has 1 heterocycles. The molecule has 0 unspecified atom stereocenters. The molecular formula is C16H24N2O. The number of carbonyl (C=O) groups excluding carboxylic acids is 1.